The molecule has 0 saturated heterocycles. The Balaban J connectivity index is 1.79. The van der Waals surface area contributed by atoms with Crippen molar-refractivity contribution in [2.45, 2.75) is 67.2 Å². The highest BCUT2D eigenvalue weighted by Crippen LogP contribution is 2.84. The maximum absolute atomic E-state index is 2.65. The topological polar surface area (TPSA) is 0 Å². The zero-order valence-electron chi connectivity index (χ0n) is 13.3. The summed E-state index contributed by atoms with van der Waals surface area (Å²) < 4.78 is 0. The molecule has 0 bridgehead atoms. The van der Waals surface area contributed by atoms with Gasteiger partial charge in [-0.1, -0.05) is 48.0 Å². The molecule has 0 radical (unpaired) electrons. The van der Waals surface area contributed by atoms with E-state index in [0.717, 1.165) is 40.9 Å². The SMILES string of the molecule is CCC1C(C)CC1C1(C)CC12C(C)CC2C(C)C. The standard InChI is InChI=1S/C18H32/c1-7-14-12(4)8-16(14)17(6)10-18(17)13(5)9-15(18)11(2)3/h11-16H,7-10H2,1-6H3. The molecule has 3 aliphatic carbocycles. The van der Waals surface area contributed by atoms with Gasteiger partial charge in [-0.05, 0) is 65.6 Å². The summed E-state index contributed by atoms with van der Waals surface area (Å²) >= 11 is 0. The summed E-state index contributed by atoms with van der Waals surface area (Å²) in [6.45, 7) is 15.0. The summed E-state index contributed by atoms with van der Waals surface area (Å²) in [5.74, 6) is 6.04. The van der Waals surface area contributed by atoms with Crippen LogP contribution in [-0.2, 0) is 0 Å². The van der Waals surface area contributed by atoms with Gasteiger partial charge in [-0.25, -0.2) is 0 Å². The number of hydrogen-bond acceptors (Lipinski definition) is 0. The third kappa shape index (κ3) is 1.28. The zero-order valence-corrected chi connectivity index (χ0v) is 13.3. The lowest BCUT2D eigenvalue weighted by atomic mass is 9.49. The van der Waals surface area contributed by atoms with Crippen molar-refractivity contribution in [2.75, 3.05) is 0 Å². The Hall–Kier alpha value is 0. The second-order valence-corrected chi connectivity index (χ2v) is 8.51. The smallest absolute Gasteiger partial charge is 0.0179 e. The Morgan fingerprint density at radius 1 is 1.17 bits per heavy atom. The summed E-state index contributed by atoms with van der Waals surface area (Å²) in [6, 6.07) is 0. The molecule has 0 aromatic heterocycles. The van der Waals surface area contributed by atoms with Crippen molar-refractivity contribution < 1.29 is 0 Å². The lowest BCUT2D eigenvalue weighted by Crippen LogP contribution is -2.49. The maximum atomic E-state index is 2.65. The minimum atomic E-state index is 0.715. The second kappa shape index (κ2) is 3.76. The Morgan fingerprint density at radius 3 is 2.28 bits per heavy atom. The average molecular weight is 248 g/mol. The van der Waals surface area contributed by atoms with E-state index in [1.807, 2.05) is 0 Å². The first-order chi connectivity index (χ1) is 8.38. The Bertz CT molecular complexity index is 344. The molecule has 3 rings (SSSR count). The average Bonchev–Trinajstić information content (AvgIpc) is 2.93. The minimum Gasteiger partial charge on any atom is -0.0651 e. The van der Waals surface area contributed by atoms with E-state index < -0.39 is 0 Å². The van der Waals surface area contributed by atoms with Crippen LogP contribution in [-0.4, -0.2) is 0 Å². The highest BCUT2D eigenvalue weighted by molar-refractivity contribution is 5.26. The predicted octanol–water partition coefficient (Wildman–Crippen LogP) is 5.38. The molecule has 3 saturated carbocycles. The van der Waals surface area contributed by atoms with Crippen LogP contribution in [0.4, 0.5) is 0 Å². The number of rotatable bonds is 3. The normalized spacial score (nSPS) is 58.5. The van der Waals surface area contributed by atoms with Gasteiger partial charge in [0.15, 0.2) is 0 Å². The molecule has 0 N–H and O–H groups in total. The molecule has 0 aliphatic heterocycles. The van der Waals surface area contributed by atoms with Gasteiger partial charge in [0.1, 0.15) is 0 Å². The van der Waals surface area contributed by atoms with Gasteiger partial charge in [-0.2, -0.15) is 0 Å². The Labute approximate surface area is 114 Å². The molecule has 3 aliphatic rings. The lowest BCUT2D eigenvalue weighted by molar-refractivity contribution is -0.0711. The second-order valence-electron chi connectivity index (χ2n) is 8.51. The fourth-order valence-electron chi connectivity index (χ4n) is 6.58. The van der Waals surface area contributed by atoms with Gasteiger partial charge < -0.3 is 0 Å². The van der Waals surface area contributed by atoms with Crippen LogP contribution < -0.4 is 0 Å². The van der Waals surface area contributed by atoms with Crippen molar-refractivity contribution in [1.82, 2.24) is 0 Å². The van der Waals surface area contributed by atoms with Crippen LogP contribution >= 0.6 is 0 Å². The van der Waals surface area contributed by atoms with E-state index >= 15 is 0 Å². The molecule has 104 valence electrons. The van der Waals surface area contributed by atoms with Crippen LogP contribution in [0.1, 0.15) is 67.2 Å². The molecule has 18 heavy (non-hydrogen) atoms. The van der Waals surface area contributed by atoms with E-state index in [2.05, 4.69) is 41.5 Å². The van der Waals surface area contributed by atoms with Crippen molar-refractivity contribution in [3.05, 3.63) is 0 Å². The van der Waals surface area contributed by atoms with E-state index in [4.69, 9.17) is 0 Å². The summed E-state index contributed by atoms with van der Waals surface area (Å²) in [4.78, 5) is 0. The minimum absolute atomic E-state index is 0.715. The van der Waals surface area contributed by atoms with Gasteiger partial charge >= 0.3 is 0 Å². The fourth-order valence-corrected chi connectivity index (χ4v) is 6.58. The van der Waals surface area contributed by atoms with Crippen molar-refractivity contribution in [1.29, 1.82) is 0 Å². The van der Waals surface area contributed by atoms with Crippen LogP contribution in [0, 0.1) is 46.3 Å². The first-order valence-electron chi connectivity index (χ1n) is 8.38. The monoisotopic (exact) mass is 248 g/mol. The van der Waals surface area contributed by atoms with Crippen molar-refractivity contribution in [3.63, 3.8) is 0 Å². The van der Waals surface area contributed by atoms with Crippen LogP contribution in [0.5, 0.6) is 0 Å². The van der Waals surface area contributed by atoms with E-state index in [0.29, 0.717) is 5.41 Å². The summed E-state index contributed by atoms with van der Waals surface area (Å²) in [6.07, 6.45) is 6.00. The molecular formula is C18H32. The molecule has 0 aromatic carbocycles. The summed E-state index contributed by atoms with van der Waals surface area (Å²) in [5.41, 5.74) is 1.48. The molecule has 7 atom stereocenters. The van der Waals surface area contributed by atoms with Crippen molar-refractivity contribution >= 4 is 0 Å². The van der Waals surface area contributed by atoms with Crippen molar-refractivity contribution in [3.8, 4) is 0 Å². The van der Waals surface area contributed by atoms with Gasteiger partial charge in [-0.15, -0.1) is 0 Å². The van der Waals surface area contributed by atoms with E-state index in [1.54, 1.807) is 6.42 Å². The van der Waals surface area contributed by atoms with Crippen LogP contribution in [0.15, 0.2) is 0 Å². The third-order valence-corrected chi connectivity index (χ3v) is 7.71. The first kappa shape index (κ1) is 13.0. The van der Waals surface area contributed by atoms with Gasteiger partial charge in [0.05, 0.1) is 0 Å². The fraction of sp³-hybridized carbons (Fsp3) is 1.00. The number of hydrogen-bond donors (Lipinski definition) is 0. The van der Waals surface area contributed by atoms with Crippen LogP contribution in [0.2, 0.25) is 0 Å². The highest BCUT2D eigenvalue weighted by atomic mass is 14.8. The van der Waals surface area contributed by atoms with Crippen LogP contribution in [0.3, 0.4) is 0 Å². The predicted molar refractivity (Wildman–Crippen MR) is 78.3 cm³/mol. The molecular weight excluding hydrogens is 216 g/mol. The van der Waals surface area contributed by atoms with Gasteiger partial charge in [-0.3, -0.25) is 0 Å². The maximum Gasteiger partial charge on any atom is -0.0179 e. The zero-order chi connectivity index (χ0) is 13.3. The molecule has 0 aromatic rings. The molecule has 0 heterocycles. The molecule has 0 amide bonds. The van der Waals surface area contributed by atoms with E-state index in [-0.39, 0.29) is 0 Å². The van der Waals surface area contributed by atoms with E-state index in [9.17, 15) is 0 Å². The lowest BCUT2D eigenvalue weighted by Gasteiger charge is -2.55. The molecule has 0 nitrogen and oxygen atoms in total. The van der Waals surface area contributed by atoms with E-state index in [1.165, 1.54) is 19.3 Å². The molecule has 3 fully saturated rings. The summed E-state index contributed by atoms with van der Waals surface area (Å²) in [5, 5.41) is 0. The first-order valence-corrected chi connectivity index (χ1v) is 8.38. The van der Waals surface area contributed by atoms with Gasteiger partial charge in [0, 0.05) is 0 Å². The third-order valence-electron chi connectivity index (χ3n) is 7.71. The largest absolute Gasteiger partial charge is 0.0651 e. The van der Waals surface area contributed by atoms with Gasteiger partial charge in [0.2, 0.25) is 0 Å². The quantitative estimate of drug-likeness (QED) is 0.629. The molecule has 1 spiro atoms. The van der Waals surface area contributed by atoms with Crippen molar-refractivity contribution in [2.24, 2.45) is 46.3 Å². The van der Waals surface area contributed by atoms with Gasteiger partial charge in [0.25, 0.3) is 0 Å². The summed E-state index contributed by atoms with van der Waals surface area (Å²) in [7, 11) is 0. The Kier molecular flexibility index (Phi) is 2.72. The molecule has 7 unspecified atom stereocenters. The Morgan fingerprint density at radius 2 is 1.83 bits per heavy atom. The van der Waals surface area contributed by atoms with Crippen LogP contribution in [0.25, 0.3) is 0 Å². The highest BCUT2D eigenvalue weighted by Gasteiger charge is 2.78. The molecule has 0 heteroatoms.